The van der Waals surface area contributed by atoms with Gasteiger partial charge in [0.05, 0.1) is 11.4 Å². The Kier molecular flexibility index (Phi) is 7.17. The number of carbonyl (C=O) groups excluding carboxylic acids is 3. The van der Waals surface area contributed by atoms with Crippen molar-refractivity contribution in [2.45, 2.75) is 51.5 Å². The Labute approximate surface area is 239 Å². The van der Waals surface area contributed by atoms with Crippen LogP contribution in [0.1, 0.15) is 43.4 Å². The number of anilines is 2. The van der Waals surface area contributed by atoms with E-state index in [1.165, 1.54) is 0 Å². The lowest BCUT2D eigenvalue weighted by atomic mass is 10.00. The number of fused-ring (bicyclic) bond motifs is 2. The molecule has 3 heterocycles. The number of benzodiazepines with no additional fused rings is 1. The van der Waals surface area contributed by atoms with E-state index in [4.69, 9.17) is 4.99 Å². The normalized spacial score (nSPS) is 19.2. The molecule has 41 heavy (non-hydrogen) atoms. The van der Waals surface area contributed by atoms with Gasteiger partial charge in [-0.2, -0.15) is 0 Å². The molecule has 0 aliphatic carbocycles. The van der Waals surface area contributed by atoms with Gasteiger partial charge in [-0.1, -0.05) is 66.7 Å². The molecule has 0 radical (unpaired) electrons. The van der Waals surface area contributed by atoms with Crippen LogP contribution in [0.2, 0.25) is 0 Å². The highest BCUT2D eigenvalue weighted by molar-refractivity contribution is 6.20. The molecule has 6 rings (SSSR count). The number of carbonyl (C=O) groups is 3. The molecule has 5 amide bonds. The highest BCUT2D eigenvalue weighted by atomic mass is 16.2. The van der Waals surface area contributed by atoms with E-state index in [1.807, 2.05) is 97.6 Å². The fraction of sp³-hybridized carbons (Fsp3) is 0.312. The third-order valence-electron chi connectivity index (χ3n) is 8.03. The molecule has 0 spiro atoms. The molecule has 9 nitrogen and oxygen atoms in total. The van der Waals surface area contributed by atoms with Crippen molar-refractivity contribution in [3.63, 3.8) is 0 Å². The van der Waals surface area contributed by atoms with Crippen molar-refractivity contribution in [2.75, 3.05) is 23.3 Å². The average molecular weight is 551 g/mol. The lowest BCUT2D eigenvalue weighted by molar-refractivity contribution is -0.120. The summed E-state index contributed by atoms with van der Waals surface area (Å²) in [5.41, 5.74) is 5.10. The molecule has 3 aliphatic rings. The number of likely N-dealkylation sites (tertiary alicyclic amines) is 1. The maximum absolute atomic E-state index is 13.9. The monoisotopic (exact) mass is 550 g/mol. The third-order valence-corrected chi connectivity index (χ3v) is 8.03. The van der Waals surface area contributed by atoms with E-state index in [1.54, 1.807) is 9.80 Å². The molecule has 3 aromatic carbocycles. The van der Waals surface area contributed by atoms with Crippen molar-refractivity contribution < 1.29 is 14.4 Å². The molecule has 0 unspecified atom stereocenters. The number of nitrogens with zero attached hydrogens (tertiary/aromatic N) is 4. The van der Waals surface area contributed by atoms with Gasteiger partial charge in [0.15, 0.2) is 0 Å². The largest absolute Gasteiger partial charge is 0.325 e. The number of aliphatic imine (C=N–C) groups is 1. The predicted molar refractivity (Wildman–Crippen MR) is 159 cm³/mol. The average Bonchev–Trinajstić information content (AvgIpc) is 3.11. The summed E-state index contributed by atoms with van der Waals surface area (Å²) in [5.74, 6) is -0.273. The minimum Gasteiger partial charge on any atom is -0.325 e. The van der Waals surface area contributed by atoms with Crippen LogP contribution in [-0.4, -0.2) is 64.8 Å². The Morgan fingerprint density at radius 3 is 2.37 bits per heavy atom. The Morgan fingerprint density at radius 2 is 1.61 bits per heavy atom. The minimum atomic E-state index is -1.07. The number of hydrogen-bond acceptors (Lipinski definition) is 4. The standard InChI is InChI=1S/C32H34N6O3/c1-21(2)38-27-15-9-7-13-25(27)28(22-10-4-3-5-11-22)34-29(30(38)39)35-31(40)36-18-16-24(17-19-36)37-20-23-12-6-8-14-26(23)33-32(37)41/h3-15,21,24,29H,16-20H2,1-2H3,(H,33,41)(H,35,40)/t29-/m0/s1. The van der Waals surface area contributed by atoms with Gasteiger partial charge in [-0.25, -0.2) is 14.6 Å². The first-order valence-electron chi connectivity index (χ1n) is 14.2. The third kappa shape index (κ3) is 5.15. The lowest BCUT2D eigenvalue weighted by Gasteiger charge is -2.40. The topological polar surface area (TPSA) is 97.4 Å². The van der Waals surface area contributed by atoms with Crippen LogP contribution >= 0.6 is 0 Å². The zero-order chi connectivity index (χ0) is 28.5. The van der Waals surface area contributed by atoms with Crippen LogP contribution in [0.25, 0.3) is 0 Å². The number of benzene rings is 3. The van der Waals surface area contributed by atoms with Gasteiger partial charge in [0, 0.05) is 48.5 Å². The van der Waals surface area contributed by atoms with Gasteiger partial charge in [-0.3, -0.25) is 4.79 Å². The molecule has 0 saturated carbocycles. The highest BCUT2D eigenvalue weighted by Crippen LogP contribution is 2.30. The Balaban J connectivity index is 1.20. The van der Waals surface area contributed by atoms with Crippen LogP contribution in [0.15, 0.2) is 83.9 Å². The number of nitrogens with one attached hydrogen (secondary N) is 2. The molecule has 1 atom stereocenters. The van der Waals surface area contributed by atoms with Crippen LogP contribution in [0.5, 0.6) is 0 Å². The number of piperidine rings is 1. The molecule has 0 bridgehead atoms. The Morgan fingerprint density at radius 1 is 0.927 bits per heavy atom. The van der Waals surface area contributed by atoms with Gasteiger partial charge in [-0.05, 0) is 44.4 Å². The van der Waals surface area contributed by atoms with Crippen molar-refractivity contribution in [3.8, 4) is 0 Å². The quantitative estimate of drug-likeness (QED) is 0.487. The summed E-state index contributed by atoms with van der Waals surface area (Å²) in [7, 11) is 0. The van der Waals surface area contributed by atoms with Crippen LogP contribution in [-0.2, 0) is 11.3 Å². The number of hydrogen-bond donors (Lipinski definition) is 2. The van der Waals surface area contributed by atoms with E-state index in [-0.39, 0.29) is 30.1 Å². The van der Waals surface area contributed by atoms with Gasteiger partial charge in [0.25, 0.3) is 5.91 Å². The Bertz CT molecular complexity index is 1500. The smallest absolute Gasteiger partial charge is 0.322 e. The fourth-order valence-electron chi connectivity index (χ4n) is 5.95. The van der Waals surface area contributed by atoms with E-state index >= 15 is 0 Å². The van der Waals surface area contributed by atoms with Crippen molar-refractivity contribution in [2.24, 2.45) is 4.99 Å². The Hall–Kier alpha value is -4.66. The fourth-order valence-corrected chi connectivity index (χ4v) is 5.95. The lowest BCUT2D eigenvalue weighted by Crippen LogP contribution is -2.56. The first-order chi connectivity index (χ1) is 19.9. The SMILES string of the molecule is CC(C)N1C(=O)[C@H](NC(=O)N2CCC(N3Cc4ccccc4NC3=O)CC2)N=C(c2ccccc2)c2ccccc21. The summed E-state index contributed by atoms with van der Waals surface area (Å²) in [4.78, 5) is 50.3. The van der Waals surface area contributed by atoms with Crippen molar-refractivity contribution in [3.05, 3.63) is 95.6 Å². The summed E-state index contributed by atoms with van der Waals surface area (Å²) in [6.07, 6.45) is 0.238. The molecule has 1 saturated heterocycles. The molecule has 1 fully saturated rings. The maximum Gasteiger partial charge on any atom is 0.322 e. The second-order valence-electron chi connectivity index (χ2n) is 10.9. The van der Waals surface area contributed by atoms with Crippen LogP contribution < -0.4 is 15.5 Å². The van der Waals surface area contributed by atoms with Gasteiger partial charge >= 0.3 is 12.1 Å². The molecule has 2 N–H and O–H groups in total. The molecular formula is C32H34N6O3. The number of rotatable bonds is 4. The first kappa shape index (κ1) is 26.6. The minimum absolute atomic E-state index is 0.0283. The van der Waals surface area contributed by atoms with Gasteiger partial charge < -0.3 is 25.3 Å². The molecule has 3 aromatic rings. The zero-order valence-corrected chi connectivity index (χ0v) is 23.3. The second-order valence-corrected chi connectivity index (χ2v) is 10.9. The van der Waals surface area contributed by atoms with Crippen molar-refractivity contribution >= 4 is 35.1 Å². The van der Waals surface area contributed by atoms with E-state index in [9.17, 15) is 14.4 Å². The van der Waals surface area contributed by atoms with Gasteiger partial charge in [0.2, 0.25) is 6.17 Å². The summed E-state index contributed by atoms with van der Waals surface area (Å²) in [6.45, 7) is 5.43. The van der Waals surface area contributed by atoms with E-state index in [0.29, 0.717) is 38.2 Å². The van der Waals surface area contributed by atoms with E-state index < -0.39 is 6.17 Å². The van der Waals surface area contributed by atoms with Crippen molar-refractivity contribution in [1.29, 1.82) is 0 Å². The predicted octanol–water partition coefficient (Wildman–Crippen LogP) is 4.83. The van der Waals surface area contributed by atoms with Crippen LogP contribution in [0, 0.1) is 0 Å². The molecule has 0 aromatic heterocycles. The van der Waals surface area contributed by atoms with E-state index in [2.05, 4.69) is 10.6 Å². The molecule has 3 aliphatic heterocycles. The molecule has 9 heteroatoms. The zero-order valence-electron chi connectivity index (χ0n) is 23.3. The summed E-state index contributed by atoms with van der Waals surface area (Å²) < 4.78 is 0. The van der Waals surface area contributed by atoms with Crippen molar-refractivity contribution in [1.82, 2.24) is 15.1 Å². The number of urea groups is 2. The summed E-state index contributed by atoms with van der Waals surface area (Å²) in [6, 6.07) is 24.8. The number of amides is 5. The molecule has 210 valence electrons. The van der Waals surface area contributed by atoms with Gasteiger partial charge in [-0.15, -0.1) is 0 Å². The first-order valence-corrected chi connectivity index (χ1v) is 14.2. The second kappa shape index (κ2) is 11.1. The number of para-hydroxylation sites is 2. The summed E-state index contributed by atoms with van der Waals surface area (Å²) >= 11 is 0. The van der Waals surface area contributed by atoms with E-state index in [0.717, 1.165) is 28.1 Å². The van der Waals surface area contributed by atoms with Crippen LogP contribution in [0.4, 0.5) is 21.0 Å². The summed E-state index contributed by atoms with van der Waals surface area (Å²) in [5, 5.41) is 5.91. The molecular weight excluding hydrogens is 516 g/mol. The maximum atomic E-state index is 13.9. The van der Waals surface area contributed by atoms with Gasteiger partial charge in [0.1, 0.15) is 0 Å². The van der Waals surface area contributed by atoms with Crippen LogP contribution in [0.3, 0.4) is 0 Å². The highest BCUT2D eigenvalue weighted by Gasteiger charge is 2.37.